The summed E-state index contributed by atoms with van der Waals surface area (Å²) in [5, 5.41) is 3.36. The molecule has 0 saturated carbocycles. The number of aromatic nitrogens is 4. The van der Waals surface area contributed by atoms with Crippen LogP contribution in [0.2, 0.25) is 0 Å². The van der Waals surface area contributed by atoms with Crippen LogP contribution in [0.3, 0.4) is 0 Å². The number of fused-ring (bicyclic) bond motifs is 2. The molecule has 0 amide bonds. The molecule has 2 aromatic heterocycles. The number of likely N-dealkylation sites (tertiary alicyclic amines) is 1. The van der Waals surface area contributed by atoms with Gasteiger partial charge in [-0.1, -0.05) is 30.3 Å². The second-order valence-corrected chi connectivity index (χ2v) is 8.14. The highest BCUT2D eigenvalue weighted by molar-refractivity contribution is 5.37. The second-order valence-electron chi connectivity index (χ2n) is 8.14. The number of nitrogens with one attached hydrogen (secondary N) is 1. The van der Waals surface area contributed by atoms with Crippen molar-refractivity contribution in [1.82, 2.24) is 24.4 Å². The van der Waals surface area contributed by atoms with E-state index in [9.17, 15) is 0 Å². The lowest BCUT2D eigenvalue weighted by Crippen LogP contribution is -2.40. The summed E-state index contributed by atoms with van der Waals surface area (Å²) in [6, 6.07) is 10.7. The SMILES string of the molecule is Cn1cncc1CNc1ncc2c(n1)[C@@]1(CCN(Cc3ccccc3)C1)COC2. The highest BCUT2D eigenvalue weighted by Gasteiger charge is 2.44. The van der Waals surface area contributed by atoms with E-state index < -0.39 is 0 Å². The zero-order valence-electron chi connectivity index (χ0n) is 16.7. The molecular formula is C22H26N6O. The van der Waals surface area contributed by atoms with Crippen molar-refractivity contribution < 1.29 is 4.74 Å². The van der Waals surface area contributed by atoms with E-state index in [4.69, 9.17) is 9.72 Å². The first-order valence-electron chi connectivity index (χ1n) is 10.1. The monoisotopic (exact) mass is 390 g/mol. The Labute approximate surface area is 170 Å². The number of nitrogens with zero attached hydrogens (tertiary/aromatic N) is 5. The zero-order chi connectivity index (χ0) is 19.7. The molecule has 4 heterocycles. The van der Waals surface area contributed by atoms with Gasteiger partial charge in [-0.05, 0) is 18.5 Å². The Morgan fingerprint density at radius 3 is 2.93 bits per heavy atom. The zero-order valence-corrected chi connectivity index (χ0v) is 16.7. The predicted molar refractivity (Wildman–Crippen MR) is 110 cm³/mol. The first-order valence-corrected chi connectivity index (χ1v) is 10.1. The largest absolute Gasteiger partial charge is 0.376 e. The molecule has 29 heavy (non-hydrogen) atoms. The molecule has 5 rings (SSSR count). The van der Waals surface area contributed by atoms with Crippen molar-refractivity contribution in [3.63, 3.8) is 0 Å². The number of ether oxygens (including phenoxy) is 1. The smallest absolute Gasteiger partial charge is 0.223 e. The Morgan fingerprint density at radius 2 is 2.10 bits per heavy atom. The average Bonchev–Trinajstić information content (AvgIpc) is 3.34. The third-order valence-electron chi connectivity index (χ3n) is 6.03. The highest BCUT2D eigenvalue weighted by Crippen LogP contribution is 2.39. The van der Waals surface area contributed by atoms with Crippen LogP contribution >= 0.6 is 0 Å². The quantitative estimate of drug-likeness (QED) is 0.722. The lowest BCUT2D eigenvalue weighted by Gasteiger charge is -2.34. The molecule has 1 atom stereocenters. The maximum Gasteiger partial charge on any atom is 0.223 e. The summed E-state index contributed by atoms with van der Waals surface area (Å²) in [5.41, 5.74) is 4.67. The Bertz CT molecular complexity index is 988. The summed E-state index contributed by atoms with van der Waals surface area (Å²) in [7, 11) is 1.99. The third kappa shape index (κ3) is 3.63. The maximum absolute atomic E-state index is 5.97. The van der Waals surface area contributed by atoms with Crippen LogP contribution in [0.5, 0.6) is 0 Å². The van der Waals surface area contributed by atoms with Crippen molar-refractivity contribution in [1.29, 1.82) is 0 Å². The standard InChI is InChI=1S/C22H26N6O/c1-27-16-23-10-19(27)11-25-21-24-9-18-13-29-15-22(20(18)26-21)7-8-28(14-22)12-17-5-3-2-4-6-17/h2-6,9-10,16H,7-8,11-15H2,1H3,(H,24,25,26)/t22-/m1/s1. The average molecular weight is 390 g/mol. The number of rotatable bonds is 5. The van der Waals surface area contributed by atoms with Gasteiger partial charge in [-0.15, -0.1) is 0 Å². The lowest BCUT2D eigenvalue weighted by atomic mass is 9.80. The number of aryl methyl sites for hydroxylation is 1. The lowest BCUT2D eigenvalue weighted by molar-refractivity contribution is 0.0503. The van der Waals surface area contributed by atoms with E-state index in [1.54, 1.807) is 6.33 Å². The van der Waals surface area contributed by atoms with Gasteiger partial charge >= 0.3 is 0 Å². The minimum Gasteiger partial charge on any atom is -0.376 e. The number of hydrogen-bond donors (Lipinski definition) is 1. The second kappa shape index (κ2) is 7.57. The molecule has 3 aromatic rings. The third-order valence-corrected chi connectivity index (χ3v) is 6.03. The molecular weight excluding hydrogens is 364 g/mol. The van der Waals surface area contributed by atoms with Crippen LogP contribution in [0, 0.1) is 0 Å². The van der Waals surface area contributed by atoms with Crippen LogP contribution in [-0.2, 0) is 36.9 Å². The van der Waals surface area contributed by atoms with Crippen LogP contribution in [0.4, 0.5) is 5.95 Å². The maximum atomic E-state index is 5.97. The molecule has 7 nitrogen and oxygen atoms in total. The van der Waals surface area contributed by atoms with Gasteiger partial charge in [0.15, 0.2) is 0 Å². The van der Waals surface area contributed by atoms with Crippen molar-refractivity contribution in [3.05, 3.63) is 71.6 Å². The summed E-state index contributed by atoms with van der Waals surface area (Å²) in [5.74, 6) is 0.674. The van der Waals surface area contributed by atoms with Crippen molar-refractivity contribution in [2.24, 2.45) is 7.05 Å². The van der Waals surface area contributed by atoms with Gasteiger partial charge in [0.05, 0.1) is 42.9 Å². The van der Waals surface area contributed by atoms with Crippen molar-refractivity contribution in [2.45, 2.75) is 31.5 Å². The van der Waals surface area contributed by atoms with E-state index in [0.29, 0.717) is 19.1 Å². The molecule has 1 fully saturated rings. The molecule has 2 aliphatic rings. The van der Waals surface area contributed by atoms with E-state index in [0.717, 1.165) is 49.6 Å². The minimum atomic E-state index is -0.0474. The molecule has 0 radical (unpaired) electrons. The number of anilines is 1. The van der Waals surface area contributed by atoms with Crippen LogP contribution in [0.15, 0.2) is 49.1 Å². The molecule has 1 saturated heterocycles. The van der Waals surface area contributed by atoms with Crippen LogP contribution in [0.1, 0.15) is 28.9 Å². The first-order chi connectivity index (χ1) is 14.2. The summed E-state index contributed by atoms with van der Waals surface area (Å²) in [6.45, 7) is 4.96. The van der Waals surface area contributed by atoms with Gasteiger partial charge in [0.1, 0.15) is 0 Å². The van der Waals surface area contributed by atoms with E-state index in [2.05, 4.69) is 50.5 Å². The van der Waals surface area contributed by atoms with Gasteiger partial charge in [-0.25, -0.2) is 15.0 Å². The Balaban J connectivity index is 1.35. The van der Waals surface area contributed by atoms with E-state index in [1.165, 1.54) is 5.56 Å². The predicted octanol–water partition coefficient (Wildman–Crippen LogP) is 2.50. The summed E-state index contributed by atoms with van der Waals surface area (Å²) < 4.78 is 7.97. The molecule has 1 N–H and O–H groups in total. The summed E-state index contributed by atoms with van der Waals surface area (Å²) >= 11 is 0. The van der Waals surface area contributed by atoms with Gasteiger partial charge in [-0.2, -0.15) is 0 Å². The van der Waals surface area contributed by atoms with Crippen molar-refractivity contribution >= 4 is 5.95 Å². The van der Waals surface area contributed by atoms with Gasteiger partial charge in [0, 0.05) is 38.1 Å². The van der Waals surface area contributed by atoms with E-state index in [-0.39, 0.29) is 5.41 Å². The van der Waals surface area contributed by atoms with Gasteiger partial charge in [-0.3, -0.25) is 4.90 Å². The van der Waals surface area contributed by atoms with E-state index in [1.807, 2.05) is 24.0 Å². The fourth-order valence-electron chi connectivity index (χ4n) is 4.45. The van der Waals surface area contributed by atoms with Crippen LogP contribution in [0.25, 0.3) is 0 Å². The molecule has 1 aromatic carbocycles. The van der Waals surface area contributed by atoms with Gasteiger partial charge < -0.3 is 14.6 Å². The molecule has 2 aliphatic heterocycles. The van der Waals surface area contributed by atoms with E-state index >= 15 is 0 Å². The first kappa shape index (κ1) is 18.3. The van der Waals surface area contributed by atoms with Crippen molar-refractivity contribution in [2.75, 3.05) is 25.0 Å². The minimum absolute atomic E-state index is 0.0474. The molecule has 0 aliphatic carbocycles. The fraction of sp³-hybridized carbons (Fsp3) is 0.409. The topological polar surface area (TPSA) is 68.1 Å². The summed E-state index contributed by atoms with van der Waals surface area (Å²) in [4.78, 5) is 16.2. The van der Waals surface area contributed by atoms with Crippen molar-refractivity contribution in [3.8, 4) is 0 Å². The fourth-order valence-corrected chi connectivity index (χ4v) is 4.45. The molecule has 1 spiro atoms. The van der Waals surface area contributed by atoms with Crippen LogP contribution < -0.4 is 5.32 Å². The Kier molecular flexibility index (Phi) is 4.77. The Hall–Kier alpha value is -2.77. The molecule has 150 valence electrons. The molecule has 0 unspecified atom stereocenters. The Morgan fingerprint density at radius 1 is 1.21 bits per heavy atom. The molecule has 0 bridgehead atoms. The number of benzene rings is 1. The normalized spacial score (nSPS) is 21.4. The van der Waals surface area contributed by atoms with Crippen LogP contribution in [-0.4, -0.2) is 44.1 Å². The van der Waals surface area contributed by atoms with Gasteiger partial charge in [0.2, 0.25) is 5.95 Å². The van der Waals surface area contributed by atoms with Gasteiger partial charge in [0.25, 0.3) is 0 Å². The number of imidazole rings is 1. The molecule has 7 heteroatoms. The number of hydrogen-bond acceptors (Lipinski definition) is 6. The highest BCUT2D eigenvalue weighted by atomic mass is 16.5. The summed E-state index contributed by atoms with van der Waals surface area (Å²) in [6.07, 6.45) is 6.65.